The monoisotopic (exact) mass is 292 g/mol. The lowest BCUT2D eigenvalue weighted by molar-refractivity contribution is 0.0775. The minimum atomic E-state index is -1.09. The predicted octanol–water partition coefficient (Wildman–Crippen LogP) is 3.21. The van der Waals surface area contributed by atoms with Gasteiger partial charge in [-0.05, 0) is 23.6 Å². The Morgan fingerprint density at radius 3 is 2.36 bits per heavy atom. The summed E-state index contributed by atoms with van der Waals surface area (Å²) in [6, 6.07) is 17.8. The van der Waals surface area contributed by atoms with Crippen molar-refractivity contribution < 1.29 is 5.11 Å². The molecule has 0 saturated carbocycles. The Bertz CT molecular complexity index is 764. The quantitative estimate of drug-likeness (QED) is 0.802. The van der Waals surface area contributed by atoms with Gasteiger partial charge in [0.15, 0.2) is 0 Å². The summed E-state index contributed by atoms with van der Waals surface area (Å²) >= 11 is 0. The van der Waals surface area contributed by atoms with Crippen LogP contribution in [0.5, 0.6) is 0 Å². The molecule has 112 valence electrons. The molecule has 0 aliphatic heterocycles. The second-order valence-electron chi connectivity index (χ2n) is 5.67. The standard InChI is InChI=1S/C19H20N2O/c1-15-8-6-7-11-17(15)19(22,16-9-4-3-5-10-16)14-18-20-12-13-21(18)2/h3-13,22H,14H2,1-2H3. The van der Waals surface area contributed by atoms with E-state index in [9.17, 15) is 5.11 Å². The van der Waals surface area contributed by atoms with Crippen LogP contribution in [-0.4, -0.2) is 14.7 Å². The topological polar surface area (TPSA) is 38.1 Å². The van der Waals surface area contributed by atoms with Gasteiger partial charge < -0.3 is 9.67 Å². The summed E-state index contributed by atoms with van der Waals surface area (Å²) in [5.74, 6) is 0.856. The molecule has 3 nitrogen and oxygen atoms in total. The lowest BCUT2D eigenvalue weighted by Crippen LogP contribution is -2.32. The summed E-state index contributed by atoms with van der Waals surface area (Å²) in [7, 11) is 1.95. The molecule has 3 aromatic rings. The van der Waals surface area contributed by atoms with Crippen molar-refractivity contribution in [3.8, 4) is 0 Å². The van der Waals surface area contributed by atoms with Crippen molar-refractivity contribution in [2.75, 3.05) is 0 Å². The number of rotatable bonds is 4. The minimum absolute atomic E-state index is 0.436. The summed E-state index contributed by atoms with van der Waals surface area (Å²) in [5, 5.41) is 11.6. The number of benzene rings is 2. The lowest BCUT2D eigenvalue weighted by atomic mass is 9.81. The van der Waals surface area contributed by atoms with Crippen LogP contribution >= 0.6 is 0 Å². The largest absolute Gasteiger partial charge is 0.380 e. The fraction of sp³-hybridized carbons (Fsp3) is 0.211. The Kier molecular flexibility index (Phi) is 3.82. The van der Waals surface area contributed by atoms with Gasteiger partial charge >= 0.3 is 0 Å². The Labute approximate surface area is 130 Å². The molecule has 0 spiro atoms. The molecule has 3 rings (SSSR count). The first-order chi connectivity index (χ1) is 10.6. The second-order valence-corrected chi connectivity index (χ2v) is 5.67. The van der Waals surface area contributed by atoms with Gasteiger partial charge in [0.2, 0.25) is 0 Å². The van der Waals surface area contributed by atoms with E-state index in [-0.39, 0.29) is 0 Å². The maximum Gasteiger partial charge on any atom is 0.122 e. The van der Waals surface area contributed by atoms with E-state index in [1.54, 1.807) is 6.20 Å². The van der Waals surface area contributed by atoms with Crippen LogP contribution in [0.25, 0.3) is 0 Å². The van der Waals surface area contributed by atoms with Crippen LogP contribution in [0.4, 0.5) is 0 Å². The van der Waals surface area contributed by atoms with Crippen molar-refractivity contribution in [3.63, 3.8) is 0 Å². The molecule has 0 saturated heterocycles. The van der Waals surface area contributed by atoms with Crippen molar-refractivity contribution in [2.24, 2.45) is 7.05 Å². The normalized spacial score (nSPS) is 13.8. The van der Waals surface area contributed by atoms with Gasteiger partial charge in [0.1, 0.15) is 11.4 Å². The molecule has 1 aromatic heterocycles. The van der Waals surface area contributed by atoms with Gasteiger partial charge in [0.05, 0.1) is 0 Å². The number of hydrogen-bond acceptors (Lipinski definition) is 2. The molecule has 1 atom stereocenters. The maximum atomic E-state index is 11.6. The molecule has 0 amide bonds. The lowest BCUT2D eigenvalue weighted by Gasteiger charge is -2.30. The molecule has 1 heterocycles. The highest BCUT2D eigenvalue weighted by atomic mass is 16.3. The Hall–Kier alpha value is -2.39. The number of aromatic nitrogens is 2. The fourth-order valence-electron chi connectivity index (χ4n) is 2.90. The van der Waals surface area contributed by atoms with Gasteiger partial charge in [-0.3, -0.25) is 0 Å². The zero-order valence-corrected chi connectivity index (χ0v) is 12.9. The maximum absolute atomic E-state index is 11.6. The highest BCUT2D eigenvalue weighted by Crippen LogP contribution is 2.34. The summed E-state index contributed by atoms with van der Waals surface area (Å²) < 4.78 is 1.95. The zero-order valence-electron chi connectivity index (χ0n) is 12.9. The Morgan fingerprint density at radius 2 is 1.73 bits per heavy atom. The van der Waals surface area contributed by atoms with Crippen molar-refractivity contribution in [3.05, 3.63) is 89.5 Å². The highest BCUT2D eigenvalue weighted by Gasteiger charge is 2.34. The molecule has 2 aromatic carbocycles. The number of hydrogen-bond donors (Lipinski definition) is 1. The van der Waals surface area contributed by atoms with E-state index in [2.05, 4.69) is 4.98 Å². The van der Waals surface area contributed by atoms with E-state index in [1.807, 2.05) is 79.3 Å². The minimum Gasteiger partial charge on any atom is -0.380 e. The van der Waals surface area contributed by atoms with E-state index in [4.69, 9.17) is 0 Å². The molecule has 1 N–H and O–H groups in total. The number of nitrogens with zero attached hydrogens (tertiary/aromatic N) is 2. The van der Waals surface area contributed by atoms with Crippen molar-refractivity contribution in [2.45, 2.75) is 18.9 Å². The van der Waals surface area contributed by atoms with E-state index in [1.165, 1.54) is 0 Å². The third-order valence-corrected chi connectivity index (χ3v) is 4.18. The zero-order chi connectivity index (χ0) is 15.6. The smallest absolute Gasteiger partial charge is 0.122 e. The van der Waals surface area contributed by atoms with Gasteiger partial charge in [-0.25, -0.2) is 4.98 Å². The van der Waals surface area contributed by atoms with Gasteiger partial charge in [0.25, 0.3) is 0 Å². The van der Waals surface area contributed by atoms with Crippen LogP contribution in [0, 0.1) is 6.92 Å². The third kappa shape index (κ3) is 2.55. The summed E-state index contributed by atoms with van der Waals surface area (Å²) in [6.45, 7) is 2.03. The average molecular weight is 292 g/mol. The first-order valence-electron chi connectivity index (χ1n) is 7.41. The number of aryl methyl sites for hydroxylation is 2. The van der Waals surface area contributed by atoms with Crippen LogP contribution in [0.1, 0.15) is 22.5 Å². The van der Waals surface area contributed by atoms with Crippen LogP contribution in [-0.2, 0) is 19.1 Å². The van der Waals surface area contributed by atoms with Gasteiger partial charge in [-0.15, -0.1) is 0 Å². The second kappa shape index (κ2) is 5.78. The SMILES string of the molecule is Cc1ccccc1C(O)(Cc1nccn1C)c1ccccc1. The van der Waals surface area contributed by atoms with Crippen molar-refractivity contribution >= 4 is 0 Å². The van der Waals surface area contributed by atoms with Gasteiger partial charge in [0, 0.05) is 25.9 Å². The summed E-state index contributed by atoms with van der Waals surface area (Å²) in [6.07, 6.45) is 4.10. The number of imidazole rings is 1. The van der Waals surface area contributed by atoms with E-state index >= 15 is 0 Å². The van der Waals surface area contributed by atoms with Crippen LogP contribution in [0.3, 0.4) is 0 Å². The first kappa shape index (κ1) is 14.5. The molecule has 0 radical (unpaired) electrons. The highest BCUT2D eigenvalue weighted by molar-refractivity contribution is 5.41. The first-order valence-corrected chi connectivity index (χ1v) is 7.41. The van der Waals surface area contributed by atoms with Gasteiger partial charge in [-0.1, -0.05) is 54.6 Å². The van der Waals surface area contributed by atoms with E-state index < -0.39 is 5.60 Å². The Morgan fingerprint density at radius 1 is 1.05 bits per heavy atom. The molecule has 1 unspecified atom stereocenters. The van der Waals surface area contributed by atoms with Crippen molar-refractivity contribution in [1.82, 2.24) is 9.55 Å². The van der Waals surface area contributed by atoms with Crippen LogP contribution < -0.4 is 0 Å². The molecule has 0 fully saturated rings. The third-order valence-electron chi connectivity index (χ3n) is 4.18. The molecule has 0 aliphatic rings. The average Bonchev–Trinajstić information content (AvgIpc) is 2.93. The molecule has 22 heavy (non-hydrogen) atoms. The summed E-state index contributed by atoms with van der Waals surface area (Å²) in [5.41, 5.74) is 1.78. The molecular formula is C19H20N2O. The Balaban J connectivity index is 2.14. The predicted molar refractivity (Wildman–Crippen MR) is 87.5 cm³/mol. The molecule has 3 heteroatoms. The van der Waals surface area contributed by atoms with Crippen LogP contribution in [0.15, 0.2) is 67.0 Å². The molecular weight excluding hydrogens is 272 g/mol. The molecule has 0 aliphatic carbocycles. The molecule has 0 bridgehead atoms. The summed E-state index contributed by atoms with van der Waals surface area (Å²) in [4.78, 5) is 4.38. The van der Waals surface area contributed by atoms with E-state index in [0.29, 0.717) is 6.42 Å². The van der Waals surface area contributed by atoms with Crippen LogP contribution in [0.2, 0.25) is 0 Å². The van der Waals surface area contributed by atoms with Crippen molar-refractivity contribution in [1.29, 1.82) is 0 Å². The van der Waals surface area contributed by atoms with E-state index in [0.717, 1.165) is 22.5 Å². The fourth-order valence-corrected chi connectivity index (χ4v) is 2.90. The number of aliphatic hydroxyl groups is 1. The van der Waals surface area contributed by atoms with Gasteiger partial charge in [-0.2, -0.15) is 0 Å².